The first kappa shape index (κ1) is 21.2. The quantitative estimate of drug-likeness (QED) is 0.490. The van der Waals surface area contributed by atoms with Gasteiger partial charge in [0.25, 0.3) is 5.91 Å². The zero-order chi connectivity index (χ0) is 22.9. The number of para-hydroxylation sites is 1. The summed E-state index contributed by atoms with van der Waals surface area (Å²) in [7, 11) is 1.87. The Kier molecular flexibility index (Phi) is 5.62. The van der Waals surface area contributed by atoms with Gasteiger partial charge in [0.1, 0.15) is 5.69 Å². The van der Waals surface area contributed by atoms with E-state index in [0.29, 0.717) is 37.1 Å². The number of ether oxygens (including phenoxy) is 1. The summed E-state index contributed by atoms with van der Waals surface area (Å²) >= 11 is 0. The number of aliphatic hydroxyl groups excluding tert-OH is 1. The number of pyridine rings is 2. The second-order valence-electron chi connectivity index (χ2n) is 8.40. The molecule has 3 aromatic heterocycles. The molecule has 1 amide bonds. The average molecular weight is 444 g/mol. The van der Waals surface area contributed by atoms with E-state index in [9.17, 15) is 9.90 Å². The van der Waals surface area contributed by atoms with Crippen LogP contribution in [0, 0.1) is 0 Å². The maximum atomic E-state index is 12.4. The molecule has 0 saturated carbocycles. The molecule has 1 saturated heterocycles. The first-order valence-electron chi connectivity index (χ1n) is 10.9. The zero-order valence-corrected chi connectivity index (χ0v) is 18.3. The fourth-order valence-corrected chi connectivity index (χ4v) is 4.53. The summed E-state index contributed by atoms with van der Waals surface area (Å²) in [6, 6.07) is 11.7. The van der Waals surface area contributed by atoms with Crippen LogP contribution in [-0.2, 0) is 18.2 Å². The van der Waals surface area contributed by atoms with Crippen LogP contribution in [-0.4, -0.2) is 50.1 Å². The second kappa shape index (κ2) is 8.73. The molecule has 5 rings (SSSR count). The molecule has 1 aromatic carbocycles. The average Bonchev–Trinajstić information content (AvgIpc) is 3.26. The highest BCUT2D eigenvalue weighted by Crippen LogP contribution is 2.35. The fourth-order valence-electron chi connectivity index (χ4n) is 4.53. The number of nitrogens with two attached hydrogens (primary N) is 1. The third-order valence-corrected chi connectivity index (χ3v) is 6.17. The highest BCUT2D eigenvalue weighted by atomic mass is 16.5. The number of amides is 1. The standard InChI is InChI=1S/C25H25N5O3/c1-30-13-16(12-28-30)20-7-6-15(11-27-20)10-18-17-4-2-3-5-21(17)29-24(25(26)32)23(18)19-14-33-9-8-22(19)31/h2-7,11-13,19,22,31H,8-10,14H2,1H3,(H2,26,32)/t19-,22-/m0/s1. The van der Waals surface area contributed by atoms with Crippen molar-refractivity contribution in [2.75, 3.05) is 13.2 Å². The molecule has 168 valence electrons. The lowest BCUT2D eigenvalue weighted by molar-refractivity contribution is -0.00635. The lowest BCUT2D eigenvalue weighted by Gasteiger charge is -2.31. The molecule has 4 heterocycles. The number of nitrogens with zero attached hydrogens (tertiary/aromatic N) is 4. The van der Waals surface area contributed by atoms with Gasteiger partial charge < -0.3 is 15.6 Å². The number of fused-ring (bicyclic) bond motifs is 1. The van der Waals surface area contributed by atoms with E-state index in [-0.39, 0.29) is 11.6 Å². The van der Waals surface area contributed by atoms with Gasteiger partial charge in [0, 0.05) is 42.9 Å². The molecule has 33 heavy (non-hydrogen) atoms. The van der Waals surface area contributed by atoms with Crippen LogP contribution in [0.1, 0.15) is 39.5 Å². The van der Waals surface area contributed by atoms with E-state index >= 15 is 0 Å². The summed E-state index contributed by atoms with van der Waals surface area (Å²) in [4.78, 5) is 21.6. The van der Waals surface area contributed by atoms with E-state index in [4.69, 9.17) is 10.5 Å². The van der Waals surface area contributed by atoms with Crippen molar-refractivity contribution in [1.29, 1.82) is 0 Å². The first-order valence-corrected chi connectivity index (χ1v) is 10.9. The van der Waals surface area contributed by atoms with Crippen LogP contribution in [0.3, 0.4) is 0 Å². The number of benzene rings is 1. The van der Waals surface area contributed by atoms with Gasteiger partial charge in [-0.3, -0.25) is 14.5 Å². The minimum Gasteiger partial charge on any atom is -0.392 e. The van der Waals surface area contributed by atoms with Gasteiger partial charge in [-0.25, -0.2) is 4.98 Å². The van der Waals surface area contributed by atoms with E-state index in [2.05, 4.69) is 15.1 Å². The van der Waals surface area contributed by atoms with Gasteiger partial charge in [0.15, 0.2) is 0 Å². The number of aryl methyl sites for hydroxylation is 1. The Morgan fingerprint density at radius 1 is 1.24 bits per heavy atom. The third kappa shape index (κ3) is 4.10. The Morgan fingerprint density at radius 3 is 2.79 bits per heavy atom. The normalized spacial score (nSPS) is 18.5. The number of hydrogen-bond acceptors (Lipinski definition) is 6. The molecule has 8 heteroatoms. The van der Waals surface area contributed by atoms with Crippen LogP contribution < -0.4 is 5.73 Å². The van der Waals surface area contributed by atoms with Gasteiger partial charge in [-0.1, -0.05) is 24.3 Å². The number of primary amides is 1. The number of rotatable bonds is 5. The second-order valence-corrected chi connectivity index (χ2v) is 8.40. The molecule has 0 spiro atoms. The van der Waals surface area contributed by atoms with Crippen molar-refractivity contribution < 1.29 is 14.6 Å². The lowest BCUT2D eigenvalue weighted by atomic mass is 9.83. The Morgan fingerprint density at radius 2 is 2.09 bits per heavy atom. The summed E-state index contributed by atoms with van der Waals surface area (Å²) in [5, 5.41) is 15.9. The molecule has 3 N–H and O–H groups in total. The molecule has 8 nitrogen and oxygen atoms in total. The molecular weight excluding hydrogens is 418 g/mol. The lowest BCUT2D eigenvalue weighted by Crippen LogP contribution is -2.33. The number of carbonyl (C=O) groups is 1. The topological polar surface area (TPSA) is 116 Å². The molecule has 0 bridgehead atoms. The number of aliphatic hydroxyl groups is 1. The summed E-state index contributed by atoms with van der Waals surface area (Å²) in [6.07, 6.45) is 5.91. The number of carbonyl (C=O) groups excluding carboxylic acids is 1. The van der Waals surface area contributed by atoms with Gasteiger partial charge in [-0.2, -0.15) is 5.10 Å². The number of aromatic nitrogens is 4. The maximum absolute atomic E-state index is 12.4. The summed E-state index contributed by atoms with van der Waals surface area (Å²) < 4.78 is 7.40. The Labute approximate surface area is 191 Å². The van der Waals surface area contributed by atoms with Crippen LogP contribution in [0.25, 0.3) is 22.2 Å². The summed E-state index contributed by atoms with van der Waals surface area (Å²) in [5.41, 5.74) is 11.0. The molecule has 0 radical (unpaired) electrons. The van der Waals surface area contributed by atoms with E-state index in [1.807, 2.05) is 55.8 Å². The van der Waals surface area contributed by atoms with Gasteiger partial charge in [-0.05, 0) is 41.7 Å². The van der Waals surface area contributed by atoms with E-state index in [1.165, 1.54) is 0 Å². The van der Waals surface area contributed by atoms with E-state index < -0.39 is 12.0 Å². The van der Waals surface area contributed by atoms with Gasteiger partial charge in [-0.15, -0.1) is 0 Å². The summed E-state index contributed by atoms with van der Waals surface area (Å²) in [5.74, 6) is -0.990. The van der Waals surface area contributed by atoms with Gasteiger partial charge in [0.2, 0.25) is 0 Å². The predicted octanol–water partition coefficient (Wildman–Crippen LogP) is 2.58. The molecule has 0 unspecified atom stereocenters. The minimum absolute atomic E-state index is 0.193. The third-order valence-electron chi connectivity index (χ3n) is 6.17. The first-order chi connectivity index (χ1) is 16.0. The molecule has 1 aliphatic heterocycles. The maximum Gasteiger partial charge on any atom is 0.267 e. The SMILES string of the molecule is Cn1cc(-c2ccc(Cc3c([C@H]4COCC[C@@H]4O)c(C(N)=O)nc4ccccc34)cn2)cn1. The molecule has 4 aromatic rings. The largest absolute Gasteiger partial charge is 0.392 e. The molecular formula is C25H25N5O3. The smallest absolute Gasteiger partial charge is 0.267 e. The molecule has 0 aliphatic carbocycles. The van der Waals surface area contributed by atoms with Crippen molar-refractivity contribution in [2.24, 2.45) is 12.8 Å². The van der Waals surface area contributed by atoms with Crippen molar-refractivity contribution >= 4 is 16.8 Å². The van der Waals surface area contributed by atoms with E-state index in [0.717, 1.165) is 27.8 Å². The zero-order valence-electron chi connectivity index (χ0n) is 18.3. The Bertz CT molecular complexity index is 1320. The minimum atomic E-state index is -0.635. The van der Waals surface area contributed by atoms with Crippen LogP contribution >= 0.6 is 0 Å². The Hall–Kier alpha value is -3.62. The molecule has 1 fully saturated rings. The van der Waals surface area contributed by atoms with Gasteiger partial charge in [0.05, 0.1) is 30.1 Å². The van der Waals surface area contributed by atoms with Crippen LogP contribution in [0.5, 0.6) is 0 Å². The van der Waals surface area contributed by atoms with Crippen molar-refractivity contribution in [3.05, 3.63) is 77.4 Å². The van der Waals surface area contributed by atoms with Gasteiger partial charge >= 0.3 is 0 Å². The highest BCUT2D eigenvalue weighted by molar-refractivity contribution is 5.97. The fraction of sp³-hybridized carbons (Fsp3) is 0.280. The monoisotopic (exact) mass is 443 g/mol. The van der Waals surface area contributed by atoms with Crippen molar-refractivity contribution in [1.82, 2.24) is 19.7 Å². The summed E-state index contributed by atoms with van der Waals surface area (Å²) in [6.45, 7) is 0.798. The molecule has 2 atom stereocenters. The Balaban J connectivity index is 1.63. The van der Waals surface area contributed by atoms with Crippen LogP contribution in [0.15, 0.2) is 55.0 Å². The van der Waals surface area contributed by atoms with Crippen LogP contribution in [0.2, 0.25) is 0 Å². The predicted molar refractivity (Wildman–Crippen MR) is 124 cm³/mol. The molecule has 1 aliphatic rings. The van der Waals surface area contributed by atoms with Crippen molar-refractivity contribution in [3.8, 4) is 11.3 Å². The van der Waals surface area contributed by atoms with Crippen molar-refractivity contribution in [2.45, 2.75) is 24.9 Å². The highest BCUT2D eigenvalue weighted by Gasteiger charge is 2.32. The van der Waals surface area contributed by atoms with Crippen LogP contribution in [0.4, 0.5) is 0 Å². The van der Waals surface area contributed by atoms with E-state index in [1.54, 1.807) is 10.9 Å². The van der Waals surface area contributed by atoms with Crippen molar-refractivity contribution in [3.63, 3.8) is 0 Å². The number of hydrogen-bond donors (Lipinski definition) is 2.